The van der Waals surface area contributed by atoms with E-state index in [1.807, 2.05) is 98.8 Å². The maximum Gasteiger partial charge on any atom is 0.407 e. The Morgan fingerprint density at radius 2 is 1.44 bits per heavy atom. The van der Waals surface area contributed by atoms with Crippen molar-refractivity contribution in [3.63, 3.8) is 0 Å². The highest BCUT2D eigenvalue weighted by atomic mass is 16.5. The van der Waals surface area contributed by atoms with Gasteiger partial charge in [0, 0.05) is 36.7 Å². The molecule has 0 saturated carbocycles. The highest BCUT2D eigenvalue weighted by Gasteiger charge is 2.31. The van der Waals surface area contributed by atoms with Gasteiger partial charge in [0.2, 0.25) is 5.91 Å². The predicted octanol–water partition coefficient (Wildman–Crippen LogP) is 5.78. The molecule has 4 aromatic rings. The van der Waals surface area contributed by atoms with Gasteiger partial charge < -0.3 is 30.7 Å². The molecule has 0 aliphatic rings. The van der Waals surface area contributed by atoms with Gasteiger partial charge in [0.05, 0.1) is 24.4 Å². The predicted molar refractivity (Wildman–Crippen MR) is 201 cm³/mol. The van der Waals surface area contributed by atoms with Gasteiger partial charge in [-0.25, -0.2) is 9.59 Å². The van der Waals surface area contributed by atoms with Crippen LogP contribution in [0.3, 0.4) is 0 Å². The van der Waals surface area contributed by atoms with Gasteiger partial charge in [0.25, 0.3) is 0 Å². The number of hydrogen-bond donors (Lipinski definition) is 4. The molecule has 4 atom stereocenters. The summed E-state index contributed by atoms with van der Waals surface area (Å²) in [6.45, 7) is 8.17. The topological polar surface area (TPSA) is 146 Å². The molecule has 0 fully saturated rings. The number of nitrogens with zero attached hydrogens (tertiary/aromatic N) is 3. The molecule has 11 heteroatoms. The van der Waals surface area contributed by atoms with Crippen LogP contribution in [0.4, 0.5) is 9.59 Å². The third-order valence-electron chi connectivity index (χ3n) is 8.75. The van der Waals surface area contributed by atoms with Crippen molar-refractivity contribution in [1.82, 2.24) is 30.8 Å². The number of rotatable bonds is 17. The number of nitrogens with one attached hydrogen (secondary N) is 3. The summed E-state index contributed by atoms with van der Waals surface area (Å²) in [7, 11) is 1.66. The van der Waals surface area contributed by atoms with Crippen LogP contribution in [0.2, 0.25) is 0 Å². The Morgan fingerprint density at radius 1 is 0.788 bits per heavy atom. The van der Waals surface area contributed by atoms with Crippen LogP contribution in [0.25, 0.3) is 0 Å². The van der Waals surface area contributed by atoms with Crippen molar-refractivity contribution in [3.05, 3.63) is 131 Å². The zero-order chi connectivity index (χ0) is 37.5. The molecule has 52 heavy (non-hydrogen) atoms. The minimum absolute atomic E-state index is 0.0469. The highest BCUT2D eigenvalue weighted by Crippen LogP contribution is 2.16. The minimum atomic E-state index is -1.07. The molecule has 0 saturated heterocycles. The second-order valence-corrected chi connectivity index (χ2v) is 13.8. The lowest BCUT2D eigenvalue weighted by Gasteiger charge is -2.31. The third kappa shape index (κ3) is 12.8. The van der Waals surface area contributed by atoms with Gasteiger partial charge >= 0.3 is 12.1 Å². The Kier molecular flexibility index (Phi) is 15.1. The summed E-state index contributed by atoms with van der Waals surface area (Å²) in [6.07, 6.45) is 2.46. The van der Waals surface area contributed by atoms with E-state index in [4.69, 9.17) is 4.74 Å². The molecule has 0 bridgehead atoms. The summed E-state index contributed by atoms with van der Waals surface area (Å²) < 4.78 is 5.48. The van der Waals surface area contributed by atoms with Crippen LogP contribution in [0, 0.1) is 5.92 Å². The van der Waals surface area contributed by atoms with Crippen molar-refractivity contribution in [2.75, 3.05) is 7.05 Å². The van der Waals surface area contributed by atoms with Gasteiger partial charge in [-0.05, 0) is 60.4 Å². The molecule has 0 radical (unpaired) electrons. The van der Waals surface area contributed by atoms with Gasteiger partial charge in [0.1, 0.15) is 12.6 Å². The third-order valence-corrected chi connectivity index (χ3v) is 8.75. The molecular formula is C41H52N6O5. The largest absolute Gasteiger partial charge is 0.445 e. The Hall–Kier alpha value is -5.29. The molecule has 2 heterocycles. The lowest BCUT2D eigenvalue weighted by molar-refractivity contribution is -0.125. The first-order valence-corrected chi connectivity index (χ1v) is 17.8. The molecular weight excluding hydrogens is 656 g/mol. The van der Waals surface area contributed by atoms with E-state index in [2.05, 4.69) is 39.8 Å². The Labute approximate surface area is 307 Å². The summed E-state index contributed by atoms with van der Waals surface area (Å²) in [4.78, 5) is 50.5. The molecule has 1 unspecified atom stereocenters. The molecule has 4 amide bonds. The molecule has 11 nitrogen and oxygen atoms in total. The first-order chi connectivity index (χ1) is 25.0. The maximum absolute atomic E-state index is 13.9. The maximum atomic E-state index is 13.9. The van der Waals surface area contributed by atoms with Crippen molar-refractivity contribution in [2.24, 2.45) is 5.92 Å². The summed E-state index contributed by atoms with van der Waals surface area (Å²) >= 11 is 0. The van der Waals surface area contributed by atoms with Gasteiger partial charge in [-0.2, -0.15) is 0 Å². The number of hydrogen-bond acceptors (Lipinski definition) is 7. The number of pyridine rings is 2. The number of urea groups is 1. The monoisotopic (exact) mass is 708 g/mol. The number of alkyl carbamates (subject to hydrolysis) is 1. The number of aliphatic hydroxyl groups is 1. The fraction of sp³-hybridized carbons (Fsp3) is 0.390. The summed E-state index contributed by atoms with van der Waals surface area (Å²) in [5, 5.41) is 20.7. The minimum Gasteiger partial charge on any atom is -0.445 e. The molecule has 2 aromatic carbocycles. The molecule has 0 spiro atoms. The number of carbonyl (C=O) groups excluding carboxylic acids is 3. The Bertz CT molecular complexity index is 1690. The number of aliphatic hydroxyl groups excluding tert-OH is 1. The van der Waals surface area contributed by atoms with E-state index in [1.165, 1.54) is 4.90 Å². The summed E-state index contributed by atoms with van der Waals surface area (Å²) in [6, 6.07) is 26.0. The van der Waals surface area contributed by atoms with Crippen LogP contribution in [0.5, 0.6) is 0 Å². The van der Waals surface area contributed by atoms with Gasteiger partial charge in [-0.1, -0.05) is 100 Å². The number of aromatic nitrogens is 2. The van der Waals surface area contributed by atoms with Crippen molar-refractivity contribution >= 4 is 18.0 Å². The molecule has 2 aromatic heterocycles. The smallest absolute Gasteiger partial charge is 0.407 e. The second-order valence-electron chi connectivity index (χ2n) is 13.8. The fourth-order valence-electron chi connectivity index (χ4n) is 5.81. The standard InChI is InChI=1S/C41H52N6O5/c1-28(2)35-20-12-19-33(43-35)26-47(5)40(50)46-38(29(3)4)39(49)45-36(23-31-16-10-7-11-17-31)37(48)24-34(22-30-14-8-6-9-15-30)44-41(51)52-27-32-18-13-21-42-25-32/h6-21,25,28-29,34,36-38,48H,22-24,26-27H2,1-5H3,(H,44,51)(H,45,49)(H,46,50)/t34-,36-,37-,38?/m0/s1. The quantitative estimate of drug-likeness (QED) is 0.109. The van der Waals surface area contributed by atoms with Crippen LogP contribution < -0.4 is 16.0 Å². The lowest BCUT2D eigenvalue weighted by Crippen LogP contribution is -2.57. The van der Waals surface area contributed by atoms with E-state index in [9.17, 15) is 19.5 Å². The molecule has 276 valence electrons. The van der Waals surface area contributed by atoms with E-state index >= 15 is 0 Å². The van der Waals surface area contributed by atoms with Gasteiger partial charge in [0.15, 0.2) is 0 Å². The Morgan fingerprint density at radius 3 is 2.06 bits per heavy atom. The second kappa shape index (κ2) is 19.9. The molecule has 0 aliphatic heterocycles. The SMILES string of the molecule is CC(C)c1cccc(CN(C)C(=O)NC(C(=O)N[C@@H](Cc2ccccc2)[C@@H](O)C[C@H](Cc2ccccc2)NC(=O)OCc2cccnc2)C(C)C)n1. The zero-order valence-corrected chi connectivity index (χ0v) is 30.7. The average Bonchev–Trinajstić information content (AvgIpc) is 3.13. The van der Waals surface area contributed by atoms with Crippen LogP contribution in [0.1, 0.15) is 68.1 Å². The lowest BCUT2D eigenvalue weighted by atomic mass is 9.93. The van der Waals surface area contributed by atoms with E-state index in [-0.39, 0.29) is 31.4 Å². The normalized spacial score (nSPS) is 13.5. The molecule has 4 N–H and O–H groups in total. The van der Waals surface area contributed by atoms with Crippen molar-refractivity contribution in [1.29, 1.82) is 0 Å². The van der Waals surface area contributed by atoms with Crippen LogP contribution >= 0.6 is 0 Å². The van der Waals surface area contributed by atoms with E-state index in [1.54, 1.807) is 25.5 Å². The zero-order valence-electron chi connectivity index (χ0n) is 30.7. The van der Waals surface area contributed by atoms with Crippen LogP contribution in [-0.2, 0) is 35.5 Å². The summed E-state index contributed by atoms with van der Waals surface area (Å²) in [5.41, 5.74) is 4.32. The van der Waals surface area contributed by atoms with Crippen molar-refractivity contribution < 1.29 is 24.2 Å². The van der Waals surface area contributed by atoms with Gasteiger partial charge in [-0.15, -0.1) is 0 Å². The average molecular weight is 709 g/mol. The number of carbonyl (C=O) groups is 3. The fourth-order valence-corrected chi connectivity index (χ4v) is 5.81. The van der Waals surface area contributed by atoms with Crippen molar-refractivity contribution in [2.45, 2.75) is 90.3 Å². The number of benzene rings is 2. The van der Waals surface area contributed by atoms with Gasteiger partial charge in [-0.3, -0.25) is 14.8 Å². The Balaban J connectivity index is 1.48. The number of ether oxygens (including phenoxy) is 1. The van der Waals surface area contributed by atoms with Crippen LogP contribution in [-0.4, -0.2) is 69.3 Å². The highest BCUT2D eigenvalue weighted by molar-refractivity contribution is 5.87. The number of amides is 4. The first-order valence-electron chi connectivity index (χ1n) is 17.8. The molecule has 0 aliphatic carbocycles. The van der Waals surface area contributed by atoms with E-state index in [0.717, 1.165) is 28.1 Å². The van der Waals surface area contributed by atoms with E-state index in [0.29, 0.717) is 12.8 Å². The first kappa shape index (κ1) is 39.5. The molecule has 4 rings (SSSR count). The summed E-state index contributed by atoms with van der Waals surface area (Å²) in [5.74, 6) is -0.417. The van der Waals surface area contributed by atoms with Crippen LogP contribution in [0.15, 0.2) is 103 Å². The van der Waals surface area contributed by atoms with E-state index < -0.39 is 42.3 Å². The van der Waals surface area contributed by atoms with Crippen molar-refractivity contribution in [3.8, 4) is 0 Å².